The largest absolute Gasteiger partial charge is 0.459 e. The standard InChI is InChI=1S/C40H73N3O15/c1-16-29-40(11,48)35(54-27(8)44)25(6)42(14)20-21(2)18-38(9,47)34(57-37-32(58-43(49)50)28(41(12)13)17-22(3)52-37)23(4)31(24(5)36(46)55-29)56-30-19-39(10,51-15)33(45)26(7)53-30/h21-26,28-35,37,45,47-48H,16-20H2,1-15H3/t21-,22-,23+,24-,25-,26+,28+,29-,30+,31+,32-,33+,34-,35-,37+,38-,39-,40-/m1/s1. The van der Waals surface area contributed by atoms with Gasteiger partial charge in [-0.25, -0.2) is 0 Å². The van der Waals surface area contributed by atoms with Gasteiger partial charge in [0.1, 0.15) is 23.9 Å². The van der Waals surface area contributed by atoms with Crippen LogP contribution >= 0.6 is 0 Å². The summed E-state index contributed by atoms with van der Waals surface area (Å²) in [6.45, 7) is 18.7. The molecule has 0 unspecified atom stereocenters. The highest BCUT2D eigenvalue weighted by Gasteiger charge is 2.54. The number of cyclic esters (lactones) is 1. The summed E-state index contributed by atoms with van der Waals surface area (Å²) in [7, 11) is 6.83. The highest BCUT2D eigenvalue weighted by atomic mass is 17.0. The number of carbonyl (C=O) groups is 2. The minimum atomic E-state index is -1.85. The molecule has 338 valence electrons. The van der Waals surface area contributed by atoms with E-state index in [-0.39, 0.29) is 25.2 Å². The average Bonchev–Trinajstić information content (AvgIpc) is 3.11. The van der Waals surface area contributed by atoms with Crippen LogP contribution in [0.15, 0.2) is 0 Å². The summed E-state index contributed by atoms with van der Waals surface area (Å²) in [5, 5.41) is 46.8. The summed E-state index contributed by atoms with van der Waals surface area (Å²) >= 11 is 0. The van der Waals surface area contributed by atoms with E-state index in [4.69, 9.17) is 38.0 Å². The molecule has 3 fully saturated rings. The molecule has 0 bridgehead atoms. The molecule has 0 aromatic carbocycles. The Balaban J connectivity index is 2.26. The zero-order chi connectivity index (χ0) is 44.2. The maximum Gasteiger partial charge on any atom is 0.311 e. The third-order valence-electron chi connectivity index (χ3n) is 12.6. The lowest BCUT2D eigenvalue weighted by molar-refractivity contribution is -0.775. The minimum Gasteiger partial charge on any atom is -0.459 e. The molecule has 3 aliphatic rings. The summed E-state index contributed by atoms with van der Waals surface area (Å²) in [5.74, 6) is -3.67. The molecule has 3 aliphatic heterocycles. The Hall–Kier alpha value is -2.26. The Morgan fingerprint density at radius 3 is 2.17 bits per heavy atom. The summed E-state index contributed by atoms with van der Waals surface area (Å²) in [4.78, 5) is 47.8. The lowest BCUT2D eigenvalue weighted by atomic mass is 9.77. The predicted molar refractivity (Wildman–Crippen MR) is 210 cm³/mol. The van der Waals surface area contributed by atoms with Gasteiger partial charge in [0.05, 0.1) is 41.5 Å². The van der Waals surface area contributed by atoms with Crippen LogP contribution in [-0.2, 0) is 47.6 Å². The van der Waals surface area contributed by atoms with E-state index in [2.05, 4.69) is 0 Å². The molecule has 58 heavy (non-hydrogen) atoms. The van der Waals surface area contributed by atoms with Crippen LogP contribution in [0.3, 0.4) is 0 Å². The fourth-order valence-electron chi connectivity index (χ4n) is 9.31. The smallest absolute Gasteiger partial charge is 0.311 e. The van der Waals surface area contributed by atoms with Gasteiger partial charge in [0.15, 0.2) is 18.7 Å². The molecule has 0 aromatic rings. The molecule has 18 nitrogen and oxygen atoms in total. The van der Waals surface area contributed by atoms with Gasteiger partial charge in [-0.05, 0) is 94.8 Å². The van der Waals surface area contributed by atoms with E-state index in [0.29, 0.717) is 13.0 Å². The number of hydrogen-bond donors (Lipinski definition) is 3. The van der Waals surface area contributed by atoms with Crippen molar-refractivity contribution in [3.8, 4) is 0 Å². The third-order valence-corrected chi connectivity index (χ3v) is 12.6. The van der Waals surface area contributed by atoms with E-state index in [1.165, 1.54) is 21.0 Å². The van der Waals surface area contributed by atoms with Crippen molar-refractivity contribution in [2.45, 2.75) is 192 Å². The highest BCUT2D eigenvalue weighted by Crippen LogP contribution is 2.40. The Labute approximate surface area is 344 Å². The van der Waals surface area contributed by atoms with Crippen LogP contribution in [0.5, 0.6) is 0 Å². The molecule has 3 N–H and O–H groups in total. The molecule has 0 aromatic heterocycles. The van der Waals surface area contributed by atoms with Crippen LogP contribution in [0, 0.1) is 27.9 Å². The lowest BCUT2D eigenvalue weighted by Crippen LogP contribution is -2.61. The number of hydrogen-bond acceptors (Lipinski definition) is 17. The van der Waals surface area contributed by atoms with Gasteiger partial charge in [0.25, 0.3) is 5.09 Å². The maximum atomic E-state index is 14.5. The number of esters is 2. The maximum absolute atomic E-state index is 14.5. The van der Waals surface area contributed by atoms with E-state index in [0.717, 1.165) is 0 Å². The van der Waals surface area contributed by atoms with Gasteiger partial charge >= 0.3 is 11.9 Å². The van der Waals surface area contributed by atoms with Gasteiger partial charge in [-0.1, -0.05) is 20.8 Å². The van der Waals surface area contributed by atoms with E-state index in [1.54, 1.807) is 67.5 Å². The number of rotatable bonds is 10. The first kappa shape index (κ1) is 50.1. The van der Waals surface area contributed by atoms with Crippen molar-refractivity contribution < 1.29 is 68.0 Å². The van der Waals surface area contributed by atoms with Gasteiger partial charge in [-0.15, -0.1) is 10.1 Å². The van der Waals surface area contributed by atoms with Crippen LogP contribution < -0.4 is 0 Å². The predicted octanol–water partition coefficient (Wildman–Crippen LogP) is 2.69. The Morgan fingerprint density at radius 2 is 1.64 bits per heavy atom. The number of likely N-dealkylation sites (N-methyl/N-ethyl adjacent to an activating group) is 2. The van der Waals surface area contributed by atoms with E-state index < -0.39 is 119 Å². The van der Waals surface area contributed by atoms with Gasteiger partial charge in [-0.2, -0.15) is 0 Å². The normalized spacial score (nSPS) is 45.4. The molecule has 0 radical (unpaired) electrons. The van der Waals surface area contributed by atoms with Crippen molar-refractivity contribution in [3.05, 3.63) is 10.1 Å². The molecular formula is C40H73N3O15. The third kappa shape index (κ3) is 11.8. The first-order valence-corrected chi connectivity index (χ1v) is 20.6. The molecule has 0 saturated carbocycles. The van der Waals surface area contributed by atoms with E-state index in [1.807, 2.05) is 25.8 Å². The number of aliphatic hydroxyl groups is 3. The number of aliphatic hydroxyl groups excluding tert-OH is 1. The summed E-state index contributed by atoms with van der Waals surface area (Å²) in [5.41, 5.74) is -4.66. The van der Waals surface area contributed by atoms with E-state index >= 15 is 0 Å². The molecule has 0 spiro atoms. The molecule has 18 heteroatoms. The topological polar surface area (TPSA) is 218 Å². The minimum absolute atomic E-state index is 0.0616. The first-order chi connectivity index (χ1) is 26.7. The molecule has 3 heterocycles. The van der Waals surface area contributed by atoms with Gasteiger partial charge in [0.2, 0.25) is 0 Å². The average molecular weight is 836 g/mol. The zero-order valence-corrected chi connectivity index (χ0v) is 37.3. The Kier molecular flexibility index (Phi) is 17.3. The molecule has 0 amide bonds. The summed E-state index contributed by atoms with van der Waals surface area (Å²) < 4.78 is 43.5. The van der Waals surface area contributed by atoms with Crippen molar-refractivity contribution in [2.24, 2.45) is 17.8 Å². The van der Waals surface area contributed by atoms with E-state index in [9.17, 15) is 35.0 Å². The van der Waals surface area contributed by atoms with Crippen LogP contribution in [0.25, 0.3) is 0 Å². The van der Waals surface area contributed by atoms with Crippen LogP contribution in [0.4, 0.5) is 0 Å². The number of nitrogens with zero attached hydrogens (tertiary/aromatic N) is 3. The second-order valence-electron chi connectivity index (χ2n) is 18.1. The van der Waals surface area contributed by atoms with Crippen molar-refractivity contribution in [1.82, 2.24) is 9.80 Å². The van der Waals surface area contributed by atoms with Crippen LogP contribution in [-0.4, -0.2) is 167 Å². The van der Waals surface area contributed by atoms with Gasteiger partial charge in [-0.3, -0.25) is 14.5 Å². The fraction of sp³-hybridized carbons (Fsp3) is 0.950. The monoisotopic (exact) mass is 836 g/mol. The van der Waals surface area contributed by atoms with Crippen molar-refractivity contribution in [3.63, 3.8) is 0 Å². The SMILES string of the molecule is CC[C@H]1OC(=O)[C@H](C)[C@@H](O[C@H]2C[C@@](C)(OC)[C@@H](O)[C@H](C)O2)[C@H](C)[C@@H](O[C@@H]2O[C@H](C)C[C@H](N(C)C)[C@H]2O[N+](=O)[O-])[C@](C)(O)C[C@@H](C)CN(C)[C@H](C)[C@@H](OC(C)=O)[C@]1(C)O. The Morgan fingerprint density at radius 1 is 1.02 bits per heavy atom. The highest BCUT2D eigenvalue weighted by molar-refractivity contribution is 5.73. The molecule has 3 saturated heterocycles. The molecule has 0 aliphatic carbocycles. The van der Waals surface area contributed by atoms with Gasteiger partial charge < -0.3 is 58.2 Å². The number of carbonyl (C=O) groups excluding carboxylic acids is 2. The summed E-state index contributed by atoms with van der Waals surface area (Å²) in [6, 6.07) is -1.09. The first-order valence-electron chi connectivity index (χ1n) is 20.6. The second-order valence-corrected chi connectivity index (χ2v) is 18.1. The van der Waals surface area contributed by atoms with Gasteiger partial charge in [0, 0.05) is 45.0 Å². The lowest BCUT2D eigenvalue weighted by Gasteiger charge is -2.49. The number of methoxy groups -OCH3 is 1. The van der Waals surface area contributed by atoms with Crippen LogP contribution in [0.1, 0.15) is 102 Å². The van der Waals surface area contributed by atoms with Crippen molar-refractivity contribution >= 4 is 11.9 Å². The second kappa shape index (κ2) is 20.1. The van der Waals surface area contributed by atoms with Crippen molar-refractivity contribution in [1.29, 1.82) is 0 Å². The fourth-order valence-corrected chi connectivity index (χ4v) is 9.31. The Bertz CT molecular complexity index is 1370. The summed E-state index contributed by atoms with van der Waals surface area (Å²) in [6.07, 6.45) is -9.66. The quantitative estimate of drug-likeness (QED) is 0.164. The van der Waals surface area contributed by atoms with Crippen LogP contribution in [0.2, 0.25) is 0 Å². The zero-order valence-electron chi connectivity index (χ0n) is 37.3. The number of ether oxygens (including phenoxy) is 7. The molecular weight excluding hydrogens is 762 g/mol. The van der Waals surface area contributed by atoms with Crippen molar-refractivity contribution in [2.75, 3.05) is 34.8 Å². The molecule has 18 atom stereocenters. The molecule has 3 rings (SSSR count).